The number of thiophene rings is 1. The van der Waals surface area contributed by atoms with Crippen LogP contribution in [0.25, 0.3) is 0 Å². The maximum Gasteiger partial charge on any atom is 0.275 e. The van der Waals surface area contributed by atoms with Crippen molar-refractivity contribution >= 4 is 28.8 Å². The third kappa shape index (κ3) is 4.37. The fraction of sp³-hybridized carbons (Fsp3) is 0.444. The SMILES string of the molecule is CN(Cc1sccc1Cl)C[C@H]1CCCCN1C(=O)c1ncccc1F. The van der Waals surface area contributed by atoms with E-state index >= 15 is 0 Å². The molecule has 1 fully saturated rings. The van der Waals surface area contributed by atoms with Gasteiger partial charge in [0.05, 0.1) is 5.02 Å². The number of pyridine rings is 1. The molecule has 0 saturated carbocycles. The largest absolute Gasteiger partial charge is 0.333 e. The van der Waals surface area contributed by atoms with Gasteiger partial charge in [-0.3, -0.25) is 9.69 Å². The van der Waals surface area contributed by atoms with Crippen LogP contribution >= 0.6 is 22.9 Å². The highest BCUT2D eigenvalue weighted by Gasteiger charge is 2.30. The highest BCUT2D eigenvalue weighted by atomic mass is 35.5. The molecule has 1 aliphatic heterocycles. The molecule has 25 heavy (non-hydrogen) atoms. The zero-order chi connectivity index (χ0) is 17.8. The molecule has 2 aromatic rings. The average molecular weight is 382 g/mol. The summed E-state index contributed by atoms with van der Waals surface area (Å²) >= 11 is 7.80. The first-order chi connectivity index (χ1) is 12.1. The van der Waals surface area contributed by atoms with Crippen molar-refractivity contribution in [1.29, 1.82) is 0 Å². The molecule has 1 atom stereocenters. The Labute approximate surface area is 156 Å². The zero-order valence-corrected chi connectivity index (χ0v) is 15.7. The molecule has 0 spiro atoms. The van der Waals surface area contributed by atoms with Gasteiger partial charge in [-0.25, -0.2) is 9.37 Å². The minimum absolute atomic E-state index is 0.0615. The summed E-state index contributed by atoms with van der Waals surface area (Å²) in [4.78, 5) is 21.8. The Morgan fingerprint density at radius 3 is 3.04 bits per heavy atom. The number of nitrogens with zero attached hydrogens (tertiary/aromatic N) is 3. The molecule has 0 unspecified atom stereocenters. The van der Waals surface area contributed by atoms with E-state index in [-0.39, 0.29) is 17.6 Å². The topological polar surface area (TPSA) is 36.4 Å². The van der Waals surface area contributed by atoms with Crippen LogP contribution in [0.5, 0.6) is 0 Å². The number of carbonyl (C=O) groups excluding carboxylic acids is 1. The number of halogens is 2. The molecular formula is C18H21ClFN3OS. The van der Waals surface area contributed by atoms with Gasteiger partial charge in [-0.2, -0.15) is 0 Å². The number of rotatable bonds is 5. The van der Waals surface area contributed by atoms with E-state index in [4.69, 9.17) is 11.6 Å². The fourth-order valence-electron chi connectivity index (χ4n) is 3.24. The summed E-state index contributed by atoms with van der Waals surface area (Å²) in [5.41, 5.74) is -0.0849. The second-order valence-electron chi connectivity index (χ2n) is 6.37. The second-order valence-corrected chi connectivity index (χ2v) is 7.78. The number of hydrogen-bond donors (Lipinski definition) is 0. The molecule has 7 heteroatoms. The molecule has 0 aliphatic carbocycles. The fourth-order valence-corrected chi connectivity index (χ4v) is 4.42. The molecule has 3 rings (SSSR count). The molecule has 0 bridgehead atoms. The number of hydrogen-bond acceptors (Lipinski definition) is 4. The molecule has 0 radical (unpaired) electrons. The smallest absolute Gasteiger partial charge is 0.275 e. The molecule has 2 aromatic heterocycles. The van der Waals surface area contributed by atoms with Gasteiger partial charge in [-0.05, 0) is 49.9 Å². The van der Waals surface area contributed by atoms with Crippen molar-refractivity contribution in [3.63, 3.8) is 0 Å². The molecule has 3 heterocycles. The molecule has 1 saturated heterocycles. The lowest BCUT2D eigenvalue weighted by Crippen LogP contribution is -2.49. The van der Waals surface area contributed by atoms with Gasteiger partial charge in [0.2, 0.25) is 0 Å². The summed E-state index contributed by atoms with van der Waals surface area (Å²) in [5, 5.41) is 2.76. The quantitative estimate of drug-likeness (QED) is 0.783. The van der Waals surface area contributed by atoms with Crippen LogP contribution < -0.4 is 0 Å². The predicted octanol–water partition coefficient (Wildman–Crippen LogP) is 4.06. The van der Waals surface area contributed by atoms with Crippen LogP contribution in [-0.2, 0) is 6.54 Å². The first-order valence-electron chi connectivity index (χ1n) is 8.38. The molecule has 4 nitrogen and oxygen atoms in total. The Hall–Kier alpha value is -1.50. The van der Waals surface area contributed by atoms with Gasteiger partial charge in [0.15, 0.2) is 11.5 Å². The van der Waals surface area contributed by atoms with E-state index in [9.17, 15) is 9.18 Å². The maximum absolute atomic E-state index is 13.9. The van der Waals surface area contributed by atoms with Crippen molar-refractivity contribution in [3.8, 4) is 0 Å². The monoisotopic (exact) mass is 381 g/mol. The van der Waals surface area contributed by atoms with Crippen LogP contribution in [0.3, 0.4) is 0 Å². The molecule has 1 aliphatic rings. The normalized spacial score (nSPS) is 17.9. The molecule has 134 valence electrons. The Bertz CT molecular complexity index is 739. The van der Waals surface area contributed by atoms with Gasteiger partial charge in [-0.1, -0.05) is 11.6 Å². The lowest BCUT2D eigenvalue weighted by atomic mass is 10.0. The summed E-state index contributed by atoms with van der Waals surface area (Å²) < 4.78 is 13.9. The Morgan fingerprint density at radius 2 is 2.32 bits per heavy atom. The molecule has 0 aromatic carbocycles. The number of carbonyl (C=O) groups is 1. The summed E-state index contributed by atoms with van der Waals surface area (Å²) in [7, 11) is 2.02. The van der Waals surface area contributed by atoms with E-state index in [1.165, 1.54) is 18.3 Å². The Balaban J connectivity index is 1.69. The van der Waals surface area contributed by atoms with Gasteiger partial charge < -0.3 is 4.90 Å². The van der Waals surface area contributed by atoms with Crippen molar-refractivity contribution in [2.75, 3.05) is 20.1 Å². The summed E-state index contributed by atoms with van der Waals surface area (Å²) in [6.07, 6.45) is 4.40. The van der Waals surface area contributed by atoms with E-state index in [1.54, 1.807) is 16.2 Å². The summed E-state index contributed by atoms with van der Waals surface area (Å²) in [5.74, 6) is -0.874. The highest BCUT2D eigenvalue weighted by Crippen LogP contribution is 2.25. The standard InChI is InChI=1S/C18H21ClFN3OS/c1-22(12-16-14(19)7-10-25-16)11-13-5-2-3-9-23(13)18(24)17-15(20)6-4-8-21-17/h4,6-8,10,13H,2-3,5,9,11-12H2,1H3/t13-/m1/s1. The number of piperidine rings is 1. The maximum atomic E-state index is 13.9. The third-order valence-electron chi connectivity index (χ3n) is 4.48. The van der Waals surface area contributed by atoms with Crippen molar-refractivity contribution in [2.24, 2.45) is 0 Å². The van der Waals surface area contributed by atoms with Crippen molar-refractivity contribution in [1.82, 2.24) is 14.8 Å². The summed E-state index contributed by atoms with van der Waals surface area (Å²) in [6.45, 7) is 2.12. The van der Waals surface area contributed by atoms with Crippen LogP contribution in [0.2, 0.25) is 5.02 Å². The molecule has 1 amide bonds. The van der Waals surface area contributed by atoms with Crippen LogP contribution in [-0.4, -0.2) is 46.9 Å². The van der Waals surface area contributed by atoms with Crippen LogP contribution in [0, 0.1) is 5.82 Å². The van der Waals surface area contributed by atoms with Crippen LogP contribution in [0.15, 0.2) is 29.8 Å². The predicted molar refractivity (Wildman–Crippen MR) is 98.5 cm³/mol. The molecule has 0 N–H and O–H groups in total. The van der Waals surface area contributed by atoms with E-state index in [2.05, 4.69) is 9.88 Å². The van der Waals surface area contributed by atoms with Gasteiger partial charge >= 0.3 is 0 Å². The Kier molecular flexibility index (Phi) is 6.04. The number of likely N-dealkylation sites (tertiary alicyclic amines) is 1. The first-order valence-corrected chi connectivity index (χ1v) is 9.64. The van der Waals surface area contributed by atoms with E-state index in [0.29, 0.717) is 6.54 Å². The lowest BCUT2D eigenvalue weighted by molar-refractivity contribution is 0.0547. The van der Waals surface area contributed by atoms with Gasteiger partial charge in [0, 0.05) is 36.8 Å². The molecular weight excluding hydrogens is 361 g/mol. The van der Waals surface area contributed by atoms with Gasteiger partial charge in [0.25, 0.3) is 5.91 Å². The minimum Gasteiger partial charge on any atom is -0.333 e. The lowest BCUT2D eigenvalue weighted by Gasteiger charge is -2.37. The van der Waals surface area contributed by atoms with E-state index in [0.717, 1.165) is 42.3 Å². The minimum atomic E-state index is -0.560. The van der Waals surface area contributed by atoms with Gasteiger partial charge in [0.1, 0.15) is 0 Å². The van der Waals surface area contributed by atoms with Crippen molar-refractivity contribution < 1.29 is 9.18 Å². The number of likely N-dealkylation sites (N-methyl/N-ethyl adjacent to an activating group) is 1. The average Bonchev–Trinajstić information content (AvgIpc) is 3.00. The van der Waals surface area contributed by atoms with Crippen LogP contribution in [0.4, 0.5) is 4.39 Å². The third-order valence-corrected chi connectivity index (χ3v) is 5.85. The van der Waals surface area contributed by atoms with E-state index in [1.807, 2.05) is 18.5 Å². The van der Waals surface area contributed by atoms with Crippen molar-refractivity contribution in [2.45, 2.75) is 31.8 Å². The summed E-state index contributed by atoms with van der Waals surface area (Å²) in [6, 6.07) is 4.74. The van der Waals surface area contributed by atoms with E-state index < -0.39 is 5.82 Å². The second kappa shape index (κ2) is 8.25. The van der Waals surface area contributed by atoms with Crippen molar-refractivity contribution in [3.05, 3.63) is 51.2 Å². The number of aromatic nitrogens is 1. The number of amides is 1. The van der Waals surface area contributed by atoms with Crippen LogP contribution in [0.1, 0.15) is 34.6 Å². The highest BCUT2D eigenvalue weighted by molar-refractivity contribution is 7.10. The zero-order valence-electron chi connectivity index (χ0n) is 14.1. The van der Waals surface area contributed by atoms with Gasteiger partial charge in [-0.15, -0.1) is 11.3 Å². The Morgan fingerprint density at radius 1 is 1.48 bits per heavy atom. The first kappa shape index (κ1) is 18.3.